The predicted molar refractivity (Wildman–Crippen MR) is 84.2 cm³/mol. The molecule has 0 saturated carbocycles. The molecule has 25 heavy (non-hydrogen) atoms. The zero-order valence-corrected chi connectivity index (χ0v) is 14.0. The number of rotatable bonds is 2. The highest BCUT2D eigenvalue weighted by Crippen LogP contribution is 2.42. The van der Waals surface area contributed by atoms with Gasteiger partial charge in [0.05, 0.1) is 11.1 Å². The summed E-state index contributed by atoms with van der Waals surface area (Å²) in [6, 6.07) is 9.53. The molecule has 0 fully saturated rings. The quantitative estimate of drug-likeness (QED) is 0.511. The Labute approximate surface area is 142 Å². The zero-order chi connectivity index (χ0) is 19.0. The summed E-state index contributed by atoms with van der Waals surface area (Å²) in [4.78, 5) is 0. The third-order valence-corrected chi connectivity index (χ3v) is 4.01. The van der Waals surface area contributed by atoms with Gasteiger partial charge in [0, 0.05) is 5.92 Å². The van der Waals surface area contributed by atoms with Crippen LogP contribution in [0.2, 0.25) is 0 Å². The van der Waals surface area contributed by atoms with E-state index in [2.05, 4.69) is 0 Å². The highest BCUT2D eigenvalue weighted by molar-refractivity contribution is 5.38. The van der Waals surface area contributed by atoms with Crippen LogP contribution in [-0.2, 0) is 12.4 Å². The molecule has 0 atom stereocenters. The Morgan fingerprint density at radius 2 is 0.840 bits per heavy atom. The van der Waals surface area contributed by atoms with Gasteiger partial charge in [0.2, 0.25) is 0 Å². The predicted octanol–water partition coefficient (Wildman–Crippen LogP) is 6.90. The first-order chi connectivity index (χ1) is 11.3. The van der Waals surface area contributed by atoms with Crippen LogP contribution in [0, 0.1) is 5.41 Å². The molecule has 2 aromatic carbocycles. The lowest BCUT2D eigenvalue weighted by molar-refractivity contribution is -0.138. The van der Waals surface area contributed by atoms with E-state index < -0.39 is 23.5 Å². The van der Waals surface area contributed by atoms with E-state index in [9.17, 15) is 26.3 Å². The average Bonchev–Trinajstić information content (AvgIpc) is 2.45. The molecule has 0 aliphatic heterocycles. The van der Waals surface area contributed by atoms with Gasteiger partial charge in [0.25, 0.3) is 0 Å². The summed E-state index contributed by atoms with van der Waals surface area (Å²) in [5.74, 6) is -0.336. The van der Waals surface area contributed by atoms with Crippen LogP contribution >= 0.6 is 0 Å². The molecule has 0 aliphatic carbocycles. The molecule has 6 heteroatoms. The minimum absolute atomic E-state index is 0.336. The second-order valence-corrected chi connectivity index (χ2v) is 7.04. The largest absolute Gasteiger partial charge is 0.416 e. The fraction of sp³-hybridized carbons (Fsp3) is 0.368. The van der Waals surface area contributed by atoms with Crippen molar-refractivity contribution in [2.75, 3.05) is 0 Å². The summed E-state index contributed by atoms with van der Waals surface area (Å²) in [5, 5.41) is 0. The second-order valence-electron chi connectivity index (χ2n) is 7.04. The molecular formula is C19H18F6. The summed E-state index contributed by atoms with van der Waals surface area (Å²) in [6.07, 6.45) is -8.85. The van der Waals surface area contributed by atoms with Crippen LogP contribution in [0.4, 0.5) is 26.3 Å². The van der Waals surface area contributed by atoms with E-state index >= 15 is 0 Å². The SMILES string of the molecule is CC(C)(C)C(c1ccc(C(F)(F)F)cc1)c1ccc(C(F)(F)F)cc1. The van der Waals surface area contributed by atoms with Crippen LogP contribution in [0.15, 0.2) is 48.5 Å². The topological polar surface area (TPSA) is 0 Å². The van der Waals surface area contributed by atoms with Gasteiger partial charge in [0.1, 0.15) is 0 Å². The van der Waals surface area contributed by atoms with Crippen LogP contribution in [0.1, 0.15) is 48.9 Å². The number of halogens is 6. The summed E-state index contributed by atoms with van der Waals surface area (Å²) in [5.41, 5.74) is -0.646. The zero-order valence-electron chi connectivity index (χ0n) is 14.0. The lowest BCUT2D eigenvalue weighted by Crippen LogP contribution is -2.20. The number of hydrogen-bond acceptors (Lipinski definition) is 0. The molecule has 0 aromatic heterocycles. The molecule has 0 spiro atoms. The molecule has 0 amide bonds. The molecule has 0 heterocycles. The van der Waals surface area contributed by atoms with Crippen molar-refractivity contribution in [3.8, 4) is 0 Å². The standard InChI is InChI=1S/C19H18F6/c1-17(2,3)16(12-4-8-14(9-5-12)18(20,21)22)13-6-10-15(11-7-13)19(23,24)25/h4-11,16H,1-3H3. The molecule has 0 aliphatic rings. The van der Waals surface area contributed by atoms with Crippen molar-refractivity contribution in [3.63, 3.8) is 0 Å². The highest BCUT2D eigenvalue weighted by Gasteiger charge is 2.33. The first kappa shape index (κ1) is 19.3. The molecule has 2 aromatic rings. The van der Waals surface area contributed by atoms with Crippen LogP contribution in [0.3, 0.4) is 0 Å². The van der Waals surface area contributed by atoms with Gasteiger partial charge in [-0.2, -0.15) is 26.3 Å². The number of alkyl halides is 6. The molecule has 0 saturated heterocycles. The fourth-order valence-corrected chi connectivity index (χ4v) is 2.92. The van der Waals surface area contributed by atoms with Crippen molar-refractivity contribution in [3.05, 3.63) is 70.8 Å². The fourth-order valence-electron chi connectivity index (χ4n) is 2.92. The summed E-state index contributed by atoms with van der Waals surface area (Å²) < 4.78 is 76.4. The maximum Gasteiger partial charge on any atom is 0.416 e. The summed E-state index contributed by atoms with van der Waals surface area (Å²) >= 11 is 0. The maximum absolute atomic E-state index is 12.7. The Morgan fingerprint density at radius 3 is 1.04 bits per heavy atom. The Balaban J connectivity index is 2.44. The Kier molecular flexibility index (Phi) is 4.94. The molecule has 0 unspecified atom stereocenters. The monoisotopic (exact) mass is 360 g/mol. The van der Waals surface area contributed by atoms with Crippen LogP contribution < -0.4 is 0 Å². The van der Waals surface area contributed by atoms with E-state index in [0.717, 1.165) is 24.3 Å². The van der Waals surface area contributed by atoms with Crippen molar-refractivity contribution in [2.45, 2.75) is 39.0 Å². The average molecular weight is 360 g/mol. The van der Waals surface area contributed by atoms with Crippen molar-refractivity contribution in [2.24, 2.45) is 5.41 Å². The van der Waals surface area contributed by atoms with Gasteiger partial charge >= 0.3 is 12.4 Å². The van der Waals surface area contributed by atoms with Gasteiger partial charge in [-0.15, -0.1) is 0 Å². The lowest BCUT2D eigenvalue weighted by Gasteiger charge is -2.32. The molecule has 0 radical (unpaired) electrons. The third kappa shape index (κ3) is 4.55. The Morgan fingerprint density at radius 1 is 0.560 bits per heavy atom. The Bertz CT molecular complexity index is 643. The van der Waals surface area contributed by atoms with Gasteiger partial charge in [-0.25, -0.2) is 0 Å². The molecule has 2 rings (SSSR count). The number of hydrogen-bond donors (Lipinski definition) is 0. The van der Waals surface area contributed by atoms with Crippen molar-refractivity contribution >= 4 is 0 Å². The molecule has 136 valence electrons. The molecule has 0 N–H and O–H groups in total. The molecule has 0 nitrogen and oxygen atoms in total. The van der Waals surface area contributed by atoms with E-state index in [1.54, 1.807) is 0 Å². The summed E-state index contributed by atoms with van der Waals surface area (Å²) in [6.45, 7) is 5.69. The third-order valence-electron chi connectivity index (χ3n) is 4.01. The lowest BCUT2D eigenvalue weighted by atomic mass is 9.72. The van der Waals surface area contributed by atoms with E-state index in [4.69, 9.17) is 0 Å². The van der Waals surface area contributed by atoms with Crippen molar-refractivity contribution < 1.29 is 26.3 Å². The van der Waals surface area contributed by atoms with E-state index in [-0.39, 0.29) is 11.3 Å². The van der Waals surface area contributed by atoms with Crippen LogP contribution in [0.5, 0.6) is 0 Å². The molecular weight excluding hydrogens is 342 g/mol. The van der Waals surface area contributed by atoms with Crippen LogP contribution in [0.25, 0.3) is 0 Å². The first-order valence-corrected chi connectivity index (χ1v) is 7.64. The van der Waals surface area contributed by atoms with Crippen molar-refractivity contribution in [1.29, 1.82) is 0 Å². The maximum atomic E-state index is 12.7. The van der Waals surface area contributed by atoms with E-state index in [0.29, 0.717) is 11.1 Å². The molecule has 0 bridgehead atoms. The highest BCUT2D eigenvalue weighted by atomic mass is 19.4. The van der Waals surface area contributed by atoms with Gasteiger partial charge in [-0.05, 0) is 40.8 Å². The minimum atomic E-state index is -4.43. The number of benzene rings is 2. The van der Waals surface area contributed by atoms with Gasteiger partial charge < -0.3 is 0 Å². The van der Waals surface area contributed by atoms with Crippen molar-refractivity contribution in [1.82, 2.24) is 0 Å². The van der Waals surface area contributed by atoms with Gasteiger partial charge in [-0.3, -0.25) is 0 Å². The smallest absolute Gasteiger partial charge is 0.166 e. The Hall–Kier alpha value is -1.98. The summed E-state index contributed by atoms with van der Waals surface area (Å²) in [7, 11) is 0. The van der Waals surface area contributed by atoms with E-state index in [1.807, 2.05) is 20.8 Å². The van der Waals surface area contributed by atoms with Crippen LogP contribution in [-0.4, -0.2) is 0 Å². The first-order valence-electron chi connectivity index (χ1n) is 7.64. The van der Waals surface area contributed by atoms with Gasteiger partial charge in [-0.1, -0.05) is 45.0 Å². The normalized spacial score (nSPS) is 13.4. The minimum Gasteiger partial charge on any atom is -0.166 e. The van der Waals surface area contributed by atoms with E-state index in [1.165, 1.54) is 24.3 Å². The second kappa shape index (κ2) is 6.39. The van der Waals surface area contributed by atoms with Gasteiger partial charge in [0.15, 0.2) is 0 Å².